The molecule has 0 saturated carbocycles. The molecular weight excluding hydrogens is 246 g/mol. The molecular formula is C14H21NO4. The standard InChI is InChI=1S/C14H21NO4/c1-2-18-14-7-11(3-4-13(14)16)8-15-9-12-10-17-5-6-19-12/h3-4,7,12,15-16H,2,5-6,8-10H2,1H3. The molecule has 1 aromatic rings. The highest BCUT2D eigenvalue weighted by Gasteiger charge is 2.13. The van der Waals surface area contributed by atoms with Gasteiger partial charge >= 0.3 is 0 Å². The van der Waals surface area contributed by atoms with Gasteiger partial charge in [-0.3, -0.25) is 0 Å². The first-order valence-corrected chi connectivity index (χ1v) is 6.64. The smallest absolute Gasteiger partial charge is 0.161 e. The highest BCUT2D eigenvalue weighted by atomic mass is 16.6. The first-order valence-electron chi connectivity index (χ1n) is 6.64. The van der Waals surface area contributed by atoms with Crippen molar-refractivity contribution in [1.29, 1.82) is 0 Å². The van der Waals surface area contributed by atoms with Crippen molar-refractivity contribution in [2.24, 2.45) is 0 Å². The third kappa shape index (κ3) is 4.38. The van der Waals surface area contributed by atoms with Gasteiger partial charge in [0.05, 0.1) is 32.5 Å². The highest BCUT2D eigenvalue weighted by molar-refractivity contribution is 5.41. The second kappa shape index (κ2) is 7.33. The minimum atomic E-state index is 0.122. The van der Waals surface area contributed by atoms with Crippen molar-refractivity contribution < 1.29 is 19.3 Å². The Balaban J connectivity index is 1.80. The molecule has 1 saturated heterocycles. The van der Waals surface area contributed by atoms with Gasteiger partial charge in [-0.1, -0.05) is 6.07 Å². The van der Waals surface area contributed by atoms with Crippen molar-refractivity contribution in [1.82, 2.24) is 5.32 Å². The summed E-state index contributed by atoms with van der Waals surface area (Å²) < 4.78 is 16.2. The van der Waals surface area contributed by atoms with Gasteiger partial charge in [0, 0.05) is 13.1 Å². The second-order valence-corrected chi connectivity index (χ2v) is 4.43. The van der Waals surface area contributed by atoms with E-state index < -0.39 is 0 Å². The summed E-state index contributed by atoms with van der Waals surface area (Å²) >= 11 is 0. The molecule has 1 aliphatic heterocycles. The number of aromatic hydroxyl groups is 1. The number of nitrogens with one attached hydrogen (secondary N) is 1. The Hall–Kier alpha value is -1.30. The third-order valence-electron chi connectivity index (χ3n) is 2.91. The topological polar surface area (TPSA) is 60.0 Å². The molecule has 19 heavy (non-hydrogen) atoms. The van der Waals surface area contributed by atoms with Crippen LogP contribution in [0.25, 0.3) is 0 Å². The van der Waals surface area contributed by atoms with E-state index in [-0.39, 0.29) is 11.9 Å². The van der Waals surface area contributed by atoms with Crippen LogP contribution < -0.4 is 10.1 Å². The first kappa shape index (κ1) is 14.1. The molecule has 0 aromatic heterocycles. The van der Waals surface area contributed by atoms with Gasteiger partial charge in [0.25, 0.3) is 0 Å². The summed E-state index contributed by atoms with van der Waals surface area (Å²) in [6, 6.07) is 5.38. The first-order chi connectivity index (χ1) is 9.29. The van der Waals surface area contributed by atoms with Crippen LogP contribution in [0.4, 0.5) is 0 Å². The Labute approximate surface area is 113 Å². The van der Waals surface area contributed by atoms with E-state index in [0.29, 0.717) is 38.7 Å². The molecule has 1 aliphatic rings. The molecule has 106 valence electrons. The molecule has 1 aromatic carbocycles. The molecule has 0 amide bonds. The third-order valence-corrected chi connectivity index (χ3v) is 2.91. The van der Waals surface area contributed by atoms with Crippen LogP contribution in [0.15, 0.2) is 18.2 Å². The van der Waals surface area contributed by atoms with E-state index >= 15 is 0 Å². The van der Waals surface area contributed by atoms with Gasteiger partial charge in [-0.05, 0) is 24.6 Å². The fourth-order valence-corrected chi connectivity index (χ4v) is 1.97. The number of hydrogen-bond acceptors (Lipinski definition) is 5. The average molecular weight is 267 g/mol. The van der Waals surface area contributed by atoms with Gasteiger partial charge in [-0.15, -0.1) is 0 Å². The predicted molar refractivity (Wildman–Crippen MR) is 71.5 cm³/mol. The SMILES string of the molecule is CCOc1cc(CNCC2COCCO2)ccc1O. The lowest BCUT2D eigenvalue weighted by Crippen LogP contribution is -2.37. The number of rotatable bonds is 6. The van der Waals surface area contributed by atoms with E-state index in [2.05, 4.69) is 5.32 Å². The van der Waals surface area contributed by atoms with Crippen LogP contribution in [-0.2, 0) is 16.0 Å². The fraction of sp³-hybridized carbons (Fsp3) is 0.571. The Morgan fingerprint density at radius 3 is 3.05 bits per heavy atom. The van der Waals surface area contributed by atoms with Crippen molar-refractivity contribution >= 4 is 0 Å². The van der Waals surface area contributed by atoms with Gasteiger partial charge < -0.3 is 24.6 Å². The molecule has 1 atom stereocenters. The predicted octanol–water partition coefficient (Wildman–Crippen LogP) is 1.30. The van der Waals surface area contributed by atoms with Crippen LogP contribution >= 0.6 is 0 Å². The van der Waals surface area contributed by atoms with Crippen LogP contribution in [-0.4, -0.2) is 44.2 Å². The van der Waals surface area contributed by atoms with E-state index in [4.69, 9.17) is 14.2 Å². The average Bonchev–Trinajstić information content (AvgIpc) is 2.44. The fourth-order valence-electron chi connectivity index (χ4n) is 1.97. The monoisotopic (exact) mass is 267 g/mol. The van der Waals surface area contributed by atoms with Crippen LogP contribution in [0, 0.1) is 0 Å². The highest BCUT2D eigenvalue weighted by Crippen LogP contribution is 2.26. The lowest BCUT2D eigenvalue weighted by molar-refractivity contribution is -0.0864. The normalized spacial score (nSPS) is 19.3. The van der Waals surface area contributed by atoms with Gasteiger partial charge in [0.2, 0.25) is 0 Å². The molecule has 1 unspecified atom stereocenters. The molecule has 0 aliphatic carbocycles. The van der Waals surface area contributed by atoms with Gasteiger partial charge in [-0.2, -0.15) is 0 Å². The van der Waals surface area contributed by atoms with Gasteiger partial charge in [0.1, 0.15) is 0 Å². The minimum absolute atomic E-state index is 0.122. The Bertz CT molecular complexity index is 391. The van der Waals surface area contributed by atoms with Crippen LogP contribution in [0.3, 0.4) is 0 Å². The molecule has 5 nitrogen and oxygen atoms in total. The minimum Gasteiger partial charge on any atom is -0.504 e. The maximum atomic E-state index is 9.61. The summed E-state index contributed by atoms with van der Waals surface area (Å²) in [5.41, 5.74) is 1.07. The summed E-state index contributed by atoms with van der Waals surface area (Å²) in [6.45, 7) is 5.90. The zero-order chi connectivity index (χ0) is 13.5. The molecule has 5 heteroatoms. The molecule has 2 rings (SSSR count). The second-order valence-electron chi connectivity index (χ2n) is 4.43. The molecule has 0 spiro atoms. The van der Waals surface area contributed by atoms with Gasteiger partial charge in [-0.25, -0.2) is 0 Å². The molecule has 0 radical (unpaired) electrons. The van der Waals surface area contributed by atoms with E-state index in [1.54, 1.807) is 6.07 Å². The maximum Gasteiger partial charge on any atom is 0.161 e. The summed E-state index contributed by atoms with van der Waals surface area (Å²) in [5.74, 6) is 0.702. The number of hydrogen-bond donors (Lipinski definition) is 2. The van der Waals surface area contributed by atoms with Crippen LogP contribution in [0.5, 0.6) is 11.5 Å². The molecule has 2 N–H and O–H groups in total. The Morgan fingerprint density at radius 2 is 2.32 bits per heavy atom. The number of phenols is 1. The quantitative estimate of drug-likeness (QED) is 0.813. The van der Waals surface area contributed by atoms with Crippen molar-refractivity contribution in [3.63, 3.8) is 0 Å². The largest absolute Gasteiger partial charge is 0.504 e. The van der Waals surface area contributed by atoms with E-state index in [1.165, 1.54) is 0 Å². The lowest BCUT2D eigenvalue weighted by atomic mass is 10.2. The van der Waals surface area contributed by atoms with Gasteiger partial charge in [0.15, 0.2) is 11.5 Å². The summed E-state index contributed by atoms with van der Waals surface area (Å²) in [7, 11) is 0. The Morgan fingerprint density at radius 1 is 1.42 bits per heavy atom. The number of ether oxygens (including phenoxy) is 3. The zero-order valence-corrected chi connectivity index (χ0v) is 11.2. The Kier molecular flexibility index (Phi) is 5.44. The maximum absolute atomic E-state index is 9.61. The lowest BCUT2D eigenvalue weighted by Gasteiger charge is -2.23. The zero-order valence-electron chi connectivity index (χ0n) is 11.2. The molecule has 0 bridgehead atoms. The van der Waals surface area contributed by atoms with Crippen molar-refractivity contribution in [2.75, 3.05) is 33.0 Å². The van der Waals surface area contributed by atoms with Crippen LogP contribution in [0.1, 0.15) is 12.5 Å². The molecule has 1 heterocycles. The van der Waals surface area contributed by atoms with E-state index in [9.17, 15) is 5.11 Å². The molecule has 1 fully saturated rings. The number of benzene rings is 1. The van der Waals surface area contributed by atoms with Crippen LogP contribution in [0.2, 0.25) is 0 Å². The summed E-state index contributed by atoms with van der Waals surface area (Å²) in [4.78, 5) is 0. The summed E-state index contributed by atoms with van der Waals surface area (Å²) in [6.07, 6.45) is 0.122. The van der Waals surface area contributed by atoms with Crippen molar-refractivity contribution in [3.05, 3.63) is 23.8 Å². The summed E-state index contributed by atoms with van der Waals surface area (Å²) in [5, 5.41) is 12.9. The van der Waals surface area contributed by atoms with E-state index in [0.717, 1.165) is 12.1 Å². The number of phenolic OH excluding ortho intramolecular Hbond substituents is 1. The van der Waals surface area contributed by atoms with E-state index in [1.807, 2.05) is 19.1 Å². The van der Waals surface area contributed by atoms with Crippen molar-refractivity contribution in [3.8, 4) is 11.5 Å². The van der Waals surface area contributed by atoms with Crippen molar-refractivity contribution in [2.45, 2.75) is 19.6 Å².